The van der Waals surface area contributed by atoms with Crippen LogP contribution in [0.4, 0.5) is 14.9 Å². The molecule has 0 fully saturated rings. The molecule has 114 valence electrons. The zero-order valence-electron chi connectivity index (χ0n) is 11.8. The van der Waals surface area contributed by atoms with Gasteiger partial charge in [0.05, 0.1) is 0 Å². The number of amides is 3. The molecule has 0 aromatic heterocycles. The minimum absolute atomic E-state index is 0.274. The molecule has 5 nitrogen and oxygen atoms in total. The lowest BCUT2D eigenvalue weighted by Crippen LogP contribution is -2.26. The molecule has 22 heavy (non-hydrogen) atoms. The summed E-state index contributed by atoms with van der Waals surface area (Å²) in [4.78, 5) is 22.8. The van der Waals surface area contributed by atoms with E-state index in [0.29, 0.717) is 24.2 Å². The third-order valence-electron chi connectivity index (χ3n) is 2.98. The summed E-state index contributed by atoms with van der Waals surface area (Å²) in [5.41, 5.74) is 6.69. The standard InChI is InChI=1S/C16H16FN3O2/c17-13-5-1-3-11(9-13)7-8-19-15(21)12-4-2-6-14(10-12)20-16(18)22/h1-6,9-10H,7-8H2,(H,19,21)(H3,18,20,22). The minimum Gasteiger partial charge on any atom is -0.352 e. The van der Waals surface area contributed by atoms with Crippen molar-refractivity contribution in [1.82, 2.24) is 5.32 Å². The first-order valence-corrected chi connectivity index (χ1v) is 6.74. The van der Waals surface area contributed by atoms with E-state index in [1.54, 1.807) is 30.3 Å². The van der Waals surface area contributed by atoms with Crippen LogP contribution >= 0.6 is 0 Å². The summed E-state index contributed by atoms with van der Waals surface area (Å²) >= 11 is 0. The predicted molar refractivity (Wildman–Crippen MR) is 82.1 cm³/mol. The molecule has 6 heteroatoms. The highest BCUT2D eigenvalue weighted by Gasteiger charge is 2.06. The van der Waals surface area contributed by atoms with Crippen LogP contribution in [0, 0.1) is 5.82 Å². The monoisotopic (exact) mass is 301 g/mol. The van der Waals surface area contributed by atoms with Crippen molar-refractivity contribution >= 4 is 17.6 Å². The average molecular weight is 301 g/mol. The van der Waals surface area contributed by atoms with Crippen LogP contribution < -0.4 is 16.4 Å². The van der Waals surface area contributed by atoms with Gasteiger partial charge < -0.3 is 16.4 Å². The molecular weight excluding hydrogens is 285 g/mol. The highest BCUT2D eigenvalue weighted by molar-refractivity contribution is 5.96. The van der Waals surface area contributed by atoms with Gasteiger partial charge in [0.25, 0.3) is 5.91 Å². The number of nitrogens with one attached hydrogen (secondary N) is 2. The summed E-state index contributed by atoms with van der Waals surface area (Å²) in [6.07, 6.45) is 0.530. The van der Waals surface area contributed by atoms with Crippen LogP contribution in [0.25, 0.3) is 0 Å². The molecule has 0 unspecified atom stereocenters. The van der Waals surface area contributed by atoms with Crippen LogP contribution in [-0.2, 0) is 6.42 Å². The van der Waals surface area contributed by atoms with E-state index >= 15 is 0 Å². The quantitative estimate of drug-likeness (QED) is 0.791. The number of carbonyl (C=O) groups excluding carboxylic acids is 2. The van der Waals surface area contributed by atoms with Crippen molar-refractivity contribution in [2.75, 3.05) is 11.9 Å². The topological polar surface area (TPSA) is 84.2 Å². The zero-order chi connectivity index (χ0) is 15.9. The fraction of sp³-hybridized carbons (Fsp3) is 0.125. The second kappa shape index (κ2) is 7.21. The molecule has 4 N–H and O–H groups in total. The van der Waals surface area contributed by atoms with Gasteiger partial charge in [0, 0.05) is 17.8 Å². The molecule has 0 aliphatic rings. The van der Waals surface area contributed by atoms with E-state index in [1.165, 1.54) is 18.2 Å². The molecule has 2 rings (SSSR count). The molecule has 2 aromatic rings. The number of rotatable bonds is 5. The fourth-order valence-electron chi connectivity index (χ4n) is 2.00. The van der Waals surface area contributed by atoms with Gasteiger partial charge in [0.1, 0.15) is 5.82 Å². The lowest BCUT2D eigenvalue weighted by molar-refractivity contribution is 0.0954. The summed E-state index contributed by atoms with van der Waals surface area (Å²) in [6.45, 7) is 0.385. The van der Waals surface area contributed by atoms with Gasteiger partial charge >= 0.3 is 6.03 Å². The number of benzene rings is 2. The van der Waals surface area contributed by atoms with E-state index < -0.39 is 6.03 Å². The number of hydrogen-bond donors (Lipinski definition) is 3. The van der Waals surface area contributed by atoms with Crippen LogP contribution in [0.3, 0.4) is 0 Å². The van der Waals surface area contributed by atoms with E-state index in [1.807, 2.05) is 0 Å². The molecule has 0 saturated heterocycles. The molecular formula is C16H16FN3O2. The van der Waals surface area contributed by atoms with Crippen molar-refractivity contribution in [3.05, 3.63) is 65.5 Å². The Labute approximate surface area is 127 Å². The molecule has 0 spiro atoms. The number of urea groups is 1. The average Bonchev–Trinajstić information content (AvgIpc) is 2.47. The van der Waals surface area contributed by atoms with Gasteiger partial charge in [0.15, 0.2) is 0 Å². The molecule has 0 aliphatic heterocycles. The van der Waals surface area contributed by atoms with E-state index in [0.717, 1.165) is 5.56 Å². The molecule has 0 aliphatic carbocycles. The third-order valence-corrected chi connectivity index (χ3v) is 2.98. The number of nitrogens with two attached hydrogens (primary N) is 1. The summed E-state index contributed by atoms with van der Waals surface area (Å²) in [5.74, 6) is -0.571. The van der Waals surface area contributed by atoms with Crippen molar-refractivity contribution in [3.63, 3.8) is 0 Å². The normalized spacial score (nSPS) is 10.0. The van der Waals surface area contributed by atoms with Gasteiger partial charge in [-0.3, -0.25) is 4.79 Å². The first-order valence-electron chi connectivity index (χ1n) is 6.74. The van der Waals surface area contributed by atoms with Crippen LogP contribution in [-0.4, -0.2) is 18.5 Å². The Morgan fingerprint density at radius 3 is 2.59 bits per heavy atom. The SMILES string of the molecule is NC(=O)Nc1cccc(C(=O)NCCc2cccc(F)c2)c1. The molecule has 2 aromatic carbocycles. The van der Waals surface area contributed by atoms with Gasteiger partial charge in [-0.25, -0.2) is 9.18 Å². The molecule has 0 heterocycles. The number of anilines is 1. The van der Waals surface area contributed by atoms with Gasteiger partial charge in [0.2, 0.25) is 0 Å². The largest absolute Gasteiger partial charge is 0.352 e. The van der Waals surface area contributed by atoms with Crippen molar-refractivity contribution < 1.29 is 14.0 Å². The van der Waals surface area contributed by atoms with E-state index in [2.05, 4.69) is 10.6 Å². The summed E-state index contributed by atoms with van der Waals surface area (Å²) < 4.78 is 13.0. The Morgan fingerprint density at radius 1 is 1.09 bits per heavy atom. The van der Waals surface area contributed by atoms with E-state index in [-0.39, 0.29) is 11.7 Å². The van der Waals surface area contributed by atoms with E-state index in [4.69, 9.17) is 5.73 Å². The first-order chi connectivity index (χ1) is 10.5. The molecule has 0 bridgehead atoms. The second-order valence-corrected chi connectivity index (χ2v) is 4.71. The smallest absolute Gasteiger partial charge is 0.316 e. The molecule has 3 amide bonds. The van der Waals surface area contributed by atoms with Crippen molar-refractivity contribution in [3.8, 4) is 0 Å². The Balaban J connectivity index is 1.90. The van der Waals surface area contributed by atoms with Crippen LogP contribution in [0.15, 0.2) is 48.5 Å². The Hall–Kier alpha value is -2.89. The Bertz CT molecular complexity index is 689. The lowest BCUT2D eigenvalue weighted by atomic mass is 10.1. The van der Waals surface area contributed by atoms with Crippen molar-refractivity contribution in [2.24, 2.45) is 5.73 Å². The van der Waals surface area contributed by atoms with Crippen LogP contribution in [0.5, 0.6) is 0 Å². The van der Waals surface area contributed by atoms with Gasteiger partial charge in [-0.2, -0.15) is 0 Å². The highest BCUT2D eigenvalue weighted by atomic mass is 19.1. The fourth-order valence-corrected chi connectivity index (χ4v) is 2.00. The Kier molecular flexibility index (Phi) is 5.08. The first kappa shape index (κ1) is 15.5. The number of carbonyl (C=O) groups is 2. The van der Waals surface area contributed by atoms with Crippen molar-refractivity contribution in [2.45, 2.75) is 6.42 Å². The van der Waals surface area contributed by atoms with Crippen LogP contribution in [0.1, 0.15) is 15.9 Å². The summed E-state index contributed by atoms with van der Waals surface area (Å²) in [6, 6.07) is 12.0. The van der Waals surface area contributed by atoms with Crippen molar-refractivity contribution in [1.29, 1.82) is 0 Å². The molecule has 0 atom stereocenters. The summed E-state index contributed by atoms with van der Waals surface area (Å²) in [5, 5.41) is 5.15. The predicted octanol–water partition coefficient (Wildman–Crippen LogP) is 2.29. The number of primary amides is 1. The maximum atomic E-state index is 13.0. The van der Waals surface area contributed by atoms with Gasteiger partial charge in [-0.1, -0.05) is 18.2 Å². The lowest BCUT2D eigenvalue weighted by Gasteiger charge is -2.07. The molecule has 0 radical (unpaired) electrons. The zero-order valence-corrected chi connectivity index (χ0v) is 11.8. The minimum atomic E-state index is -0.691. The van der Waals surface area contributed by atoms with Crippen LogP contribution in [0.2, 0.25) is 0 Å². The number of hydrogen-bond acceptors (Lipinski definition) is 2. The van der Waals surface area contributed by atoms with Gasteiger partial charge in [-0.05, 0) is 42.3 Å². The third kappa shape index (κ3) is 4.59. The number of halogens is 1. The highest BCUT2D eigenvalue weighted by Crippen LogP contribution is 2.10. The van der Waals surface area contributed by atoms with Gasteiger partial charge in [-0.15, -0.1) is 0 Å². The Morgan fingerprint density at radius 2 is 1.86 bits per heavy atom. The molecule has 0 saturated carbocycles. The summed E-state index contributed by atoms with van der Waals surface area (Å²) in [7, 11) is 0. The maximum absolute atomic E-state index is 13.0. The second-order valence-electron chi connectivity index (χ2n) is 4.71. The maximum Gasteiger partial charge on any atom is 0.316 e. The van der Waals surface area contributed by atoms with E-state index in [9.17, 15) is 14.0 Å².